The Morgan fingerprint density at radius 3 is 1.47 bits per heavy atom. The highest BCUT2D eigenvalue weighted by Crippen LogP contribution is 2.73. The first-order chi connectivity index (χ1) is 33.6. The minimum atomic E-state index is -2.01. The van der Waals surface area contributed by atoms with Crippen molar-refractivity contribution >= 4 is 33.1 Å². The van der Waals surface area contributed by atoms with Crippen LogP contribution in [0.4, 0.5) is 0 Å². The molecule has 70 heavy (non-hydrogen) atoms. The molecule has 2 aliphatic carbocycles. The number of hydrogen-bond acceptors (Lipinski definition) is 20. The number of carbonyl (C=O) groups excluding carboxylic acids is 2. The molecule has 372 valence electrons. The van der Waals surface area contributed by atoms with E-state index < -0.39 is 90.6 Å². The van der Waals surface area contributed by atoms with Crippen molar-refractivity contribution in [3.8, 4) is 34.5 Å². The van der Waals surface area contributed by atoms with Gasteiger partial charge in [-0.1, -0.05) is 0 Å². The van der Waals surface area contributed by atoms with Gasteiger partial charge in [-0.05, 0) is 62.8 Å². The summed E-state index contributed by atoms with van der Waals surface area (Å²) in [5.41, 5.74) is 1.56. The Bertz CT molecular complexity index is 2820. The normalized spacial score (nSPS) is 36.4. The molecule has 20 heteroatoms. The highest BCUT2D eigenvalue weighted by molar-refractivity contribution is 6.13. The van der Waals surface area contributed by atoms with Gasteiger partial charge < -0.3 is 87.9 Å². The third-order valence-electron chi connectivity index (χ3n) is 16.9. The molecule has 20 nitrogen and oxygen atoms in total. The van der Waals surface area contributed by atoms with Crippen molar-refractivity contribution in [1.82, 2.24) is 0 Å². The van der Waals surface area contributed by atoms with E-state index in [1.54, 1.807) is 0 Å². The van der Waals surface area contributed by atoms with Crippen molar-refractivity contribution in [2.24, 2.45) is 5.92 Å². The fraction of sp³-hybridized carbons (Fsp3) is 0.560. The number of phenols is 2. The van der Waals surface area contributed by atoms with Crippen LogP contribution in [0.3, 0.4) is 0 Å². The molecule has 14 rings (SSSR count). The predicted octanol–water partition coefficient (Wildman–Crippen LogP) is 2.40. The van der Waals surface area contributed by atoms with E-state index >= 15 is 0 Å². The summed E-state index contributed by atoms with van der Waals surface area (Å²) < 4.78 is 66.3. The number of fused-ring (bicyclic) bond motifs is 16. The van der Waals surface area contributed by atoms with Gasteiger partial charge in [-0.3, -0.25) is 9.59 Å². The Morgan fingerprint density at radius 1 is 0.643 bits per heavy atom. The lowest BCUT2D eigenvalue weighted by atomic mass is 9.76. The van der Waals surface area contributed by atoms with E-state index in [0.29, 0.717) is 83.1 Å². The molecule has 10 aliphatic rings. The van der Waals surface area contributed by atoms with Crippen LogP contribution >= 0.6 is 0 Å². The van der Waals surface area contributed by atoms with Gasteiger partial charge in [0, 0.05) is 53.0 Å². The molecule has 7 N–H and O–H groups in total. The second kappa shape index (κ2) is 14.4. The van der Waals surface area contributed by atoms with Crippen molar-refractivity contribution in [1.29, 1.82) is 0 Å². The molecule has 2 spiro atoms. The van der Waals surface area contributed by atoms with Crippen LogP contribution in [0, 0.1) is 19.8 Å². The zero-order valence-electron chi connectivity index (χ0n) is 38.8. The number of aromatic hydroxyl groups is 2. The molecule has 4 bridgehead atoms. The van der Waals surface area contributed by atoms with E-state index in [4.69, 9.17) is 52.1 Å². The van der Waals surface area contributed by atoms with Crippen LogP contribution in [0.1, 0.15) is 92.0 Å². The van der Waals surface area contributed by atoms with Crippen molar-refractivity contribution in [2.45, 2.75) is 117 Å². The summed E-state index contributed by atoms with van der Waals surface area (Å²) >= 11 is 0. The second-order valence-electron chi connectivity index (χ2n) is 20.0. The molecule has 8 heterocycles. The van der Waals surface area contributed by atoms with Crippen LogP contribution in [0.5, 0.6) is 34.5 Å². The molecule has 4 aromatic rings. The number of aliphatic hydroxyl groups excluding tert-OH is 3. The van der Waals surface area contributed by atoms with Gasteiger partial charge in [0.2, 0.25) is 22.8 Å². The van der Waals surface area contributed by atoms with E-state index in [1.807, 2.05) is 26.0 Å². The summed E-state index contributed by atoms with van der Waals surface area (Å²) in [4.78, 5) is 25.7. The number of Topliss-reactive ketones (excluding diaryl/α,β-unsaturated/α-hetero) is 2. The molecule has 6 fully saturated rings. The largest absolute Gasteiger partial charge is 0.506 e. The summed E-state index contributed by atoms with van der Waals surface area (Å²) in [6.45, 7) is 2.50. The summed E-state index contributed by atoms with van der Waals surface area (Å²) in [7, 11) is 4.48. The first kappa shape index (κ1) is 45.0. The van der Waals surface area contributed by atoms with Crippen LogP contribution in [-0.4, -0.2) is 154 Å². The Hall–Kier alpha value is -4.94. The Balaban J connectivity index is 0.000000137. The summed E-state index contributed by atoms with van der Waals surface area (Å²) in [5, 5.41) is 78.3. The van der Waals surface area contributed by atoms with E-state index in [0.717, 1.165) is 11.1 Å². The van der Waals surface area contributed by atoms with Gasteiger partial charge >= 0.3 is 0 Å². The number of ketones is 2. The van der Waals surface area contributed by atoms with Gasteiger partial charge in [0.25, 0.3) is 11.6 Å². The lowest BCUT2D eigenvalue weighted by molar-refractivity contribution is -0.307. The standard InChI is InChI=1S/2C25H26O10/c1-10-7-12-17(18(28)16-11(19(12)31-3)5-4-6-13(16)27)20-15(10)21-22-24(29,33-20)23(9-32-23)25(34-21,35-22)14(8-26)30-2;1-10-6-13-17(18(29)16-12(19(13)31-2)4-3-5-14(16)28)20-15(10)21-22-24(30,33-20)23(9-32-23)25(34-21,35-22)11(7-26)8-27/h7,14,21-22,26,28-29H,4-6,8-9H2,1-3H3;6,11,21-22,26-27,29-30H,3-5,7-9H2,1-2H3/t14?,21-,22?,23?,24-,25?;21-,22+,23+,24-,25-/m00/s1. The van der Waals surface area contributed by atoms with Crippen LogP contribution in [-0.2, 0) is 46.0 Å². The summed E-state index contributed by atoms with van der Waals surface area (Å²) in [6.07, 6.45) is -1.29. The van der Waals surface area contributed by atoms with E-state index in [1.165, 1.54) is 21.3 Å². The van der Waals surface area contributed by atoms with Gasteiger partial charge in [-0.15, -0.1) is 0 Å². The fourth-order valence-electron chi connectivity index (χ4n) is 13.6. The van der Waals surface area contributed by atoms with Crippen LogP contribution < -0.4 is 18.9 Å². The highest BCUT2D eigenvalue weighted by Gasteiger charge is 2.93. The number of benzene rings is 4. The van der Waals surface area contributed by atoms with E-state index in [-0.39, 0.29) is 69.7 Å². The predicted molar refractivity (Wildman–Crippen MR) is 235 cm³/mol. The third kappa shape index (κ3) is 4.88. The molecule has 0 amide bonds. The van der Waals surface area contributed by atoms with Gasteiger partial charge in [0.05, 0.1) is 75.1 Å². The van der Waals surface area contributed by atoms with E-state index in [9.17, 15) is 45.3 Å². The maximum Gasteiger partial charge on any atom is 0.274 e. The molecule has 4 aromatic carbocycles. The Morgan fingerprint density at radius 2 is 1.07 bits per heavy atom. The summed E-state index contributed by atoms with van der Waals surface area (Å²) in [5.74, 6) is -7.41. The maximum absolute atomic E-state index is 12.9. The lowest BCUT2D eigenvalue weighted by Crippen LogP contribution is -2.69. The molecular formula is C50H52O20. The zero-order chi connectivity index (χ0) is 49.0. The van der Waals surface area contributed by atoms with Crippen LogP contribution in [0.25, 0.3) is 21.5 Å². The van der Waals surface area contributed by atoms with Crippen molar-refractivity contribution < 1.29 is 97.4 Å². The van der Waals surface area contributed by atoms with Gasteiger partial charge in [0.1, 0.15) is 52.8 Å². The molecule has 0 aromatic heterocycles. The number of aryl methyl sites for hydroxylation is 2. The number of phenolic OH excluding ortho intramolecular Hbond substituents is 2. The molecule has 11 atom stereocenters. The minimum Gasteiger partial charge on any atom is -0.506 e. The average molecular weight is 973 g/mol. The van der Waals surface area contributed by atoms with Crippen LogP contribution in [0.2, 0.25) is 0 Å². The molecule has 0 radical (unpaired) electrons. The van der Waals surface area contributed by atoms with Crippen molar-refractivity contribution in [2.75, 3.05) is 54.4 Å². The van der Waals surface area contributed by atoms with Crippen molar-refractivity contribution in [3.05, 3.63) is 56.6 Å². The van der Waals surface area contributed by atoms with Crippen LogP contribution in [0.15, 0.2) is 12.1 Å². The first-order valence-electron chi connectivity index (χ1n) is 23.6. The smallest absolute Gasteiger partial charge is 0.274 e. The number of methoxy groups -OCH3 is 3. The monoisotopic (exact) mass is 972 g/mol. The SMILES string of the molecule is COc1c2c(c(O)c3c4c(c(C)cc13)[C@@H]1OC3(C(CO)OC)OC1[C@](O)(O4)C31CO1)C(=O)CCC2.COc1c2c(c(O)c3c4c(c(C)cc13)[C@@H]1O[C@@]3(C(CO)CO)O[C@H]1[C@](O)(O4)[C@]31CO1)C(=O)CCC2. The fourth-order valence-corrected chi connectivity index (χ4v) is 13.6. The topological polar surface area (TPSA) is 284 Å². The number of aliphatic hydroxyl groups is 5. The number of carbonyl (C=O) groups is 2. The highest BCUT2D eigenvalue weighted by atomic mass is 16.9. The Labute approximate surface area is 398 Å². The molecule has 4 unspecified atom stereocenters. The maximum atomic E-state index is 12.9. The quantitative estimate of drug-likeness (QED) is 0.125. The van der Waals surface area contributed by atoms with Gasteiger partial charge in [-0.25, -0.2) is 0 Å². The van der Waals surface area contributed by atoms with Crippen molar-refractivity contribution in [3.63, 3.8) is 0 Å². The van der Waals surface area contributed by atoms with Gasteiger partial charge in [-0.2, -0.15) is 0 Å². The number of rotatable bonds is 8. The summed E-state index contributed by atoms with van der Waals surface area (Å²) in [6, 6.07) is 3.71. The minimum absolute atomic E-state index is 0.0332. The van der Waals surface area contributed by atoms with Gasteiger partial charge in [0.15, 0.2) is 23.8 Å². The zero-order valence-corrected chi connectivity index (χ0v) is 38.8. The third-order valence-corrected chi connectivity index (χ3v) is 16.9. The molecule has 0 saturated carbocycles. The number of epoxide rings is 2. The number of hydrogen-bond donors (Lipinski definition) is 7. The second-order valence-corrected chi connectivity index (χ2v) is 20.0. The van der Waals surface area contributed by atoms with E-state index in [2.05, 4.69) is 0 Å². The Kier molecular flexibility index (Phi) is 9.24. The molecule has 6 saturated heterocycles. The molecular weight excluding hydrogens is 921 g/mol. The average Bonchev–Trinajstić information content (AvgIpc) is 4.22. The first-order valence-corrected chi connectivity index (χ1v) is 23.6. The lowest BCUT2D eigenvalue weighted by Gasteiger charge is -2.48. The number of ether oxygens (including phenoxy) is 11. The molecule has 8 aliphatic heterocycles.